The maximum absolute atomic E-state index is 4.56. The van der Waals surface area contributed by atoms with Crippen molar-refractivity contribution in [1.29, 1.82) is 0 Å². The molecule has 0 aliphatic carbocycles. The van der Waals surface area contributed by atoms with Crippen LogP contribution in [0.5, 0.6) is 0 Å². The van der Waals surface area contributed by atoms with Gasteiger partial charge in [0.1, 0.15) is 0 Å². The SMILES string of the molecule is CC(=CN(Cc1ccc(C)cn1)Cc1ccc(C)cn1)NCc1ccc(C)cn1. The van der Waals surface area contributed by atoms with Crippen molar-refractivity contribution in [3.63, 3.8) is 0 Å². The van der Waals surface area contributed by atoms with Crippen LogP contribution >= 0.6 is 0 Å². The normalized spacial score (nSPS) is 11.4. The van der Waals surface area contributed by atoms with Gasteiger partial charge in [-0.3, -0.25) is 15.0 Å². The van der Waals surface area contributed by atoms with Gasteiger partial charge < -0.3 is 10.2 Å². The highest BCUT2D eigenvalue weighted by Crippen LogP contribution is 2.11. The molecule has 0 aliphatic rings. The minimum Gasteiger partial charge on any atom is -0.382 e. The zero-order chi connectivity index (χ0) is 20.6. The van der Waals surface area contributed by atoms with E-state index in [1.807, 2.05) is 25.5 Å². The first-order valence-electron chi connectivity index (χ1n) is 9.89. The summed E-state index contributed by atoms with van der Waals surface area (Å²) in [5, 5.41) is 3.45. The van der Waals surface area contributed by atoms with Crippen molar-refractivity contribution in [3.8, 4) is 0 Å². The molecule has 0 unspecified atom stereocenters. The van der Waals surface area contributed by atoms with Crippen LogP contribution in [0.1, 0.15) is 40.7 Å². The molecule has 5 nitrogen and oxygen atoms in total. The Morgan fingerprint density at radius 1 is 0.759 bits per heavy atom. The Labute approximate surface area is 173 Å². The summed E-state index contributed by atoms with van der Waals surface area (Å²) < 4.78 is 0. The van der Waals surface area contributed by atoms with Gasteiger partial charge in [-0.2, -0.15) is 0 Å². The van der Waals surface area contributed by atoms with Crippen molar-refractivity contribution < 1.29 is 0 Å². The summed E-state index contributed by atoms with van der Waals surface area (Å²) in [5.74, 6) is 0. The Kier molecular flexibility index (Phi) is 6.95. The van der Waals surface area contributed by atoms with E-state index >= 15 is 0 Å². The van der Waals surface area contributed by atoms with Gasteiger partial charge in [-0.1, -0.05) is 18.2 Å². The van der Waals surface area contributed by atoms with E-state index in [9.17, 15) is 0 Å². The maximum Gasteiger partial charge on any atom is 0.0601 e. The molecule has 29 heavy (non-hydrogen) atoms. The van der Waals surface area contributed by atoms with Crippen LogP contribution in [0.25, 0.3) is 0 Å². The van der Waals surface area contributed by atoms with E-state index in [0.29, 0.717) is 6.54 Å². The number of aryl methyl sites for hydroxylation is 3. The van der Waals surface area contributed by atoms with Crippen molar-refractivity contribution >= 4 is 0 Å². The van der Waals surface area contributed by atoms with Gasteiger partial charge in [0, 0.05) is 30.5 Å². The summed E-state index contributed by atoms with van der Waals surface area (Å²) in [5.41, 5.74) is 7.67. The standard InChI is InChI=1S/C24H29N5/c1-18-5-8-22(26-11-18)14-25-21(4)15-29(16-23-9-6-19(2)12-27-23)17-24-10-7-20(3)13-28-24/h5-13,15,25H,14,16-17H2,1-4H3. The fraction of sp³-hybridized carbons (Fsp3) is 0.292. The Morgan fingerprint density at radius 3 is 1.62 bits per heavy atom. The van der Waals surface area contributed by atoms with Gasteiger partial charge in [-0.05, 0) is 62.6 Å². The van der Waals surface area contributed by atoms with E-state index in [0.717, 1.165) is 35.9 Å². The van der Waals surface area contributed by atoms with Crippen LogP contribution in [-0.4, -0.2) is 19.9 Å². The van der Waals surface area contributed by atoms with E-state index < -0.39 is 0 Å². The number of hydrogen-bond acceptors (Lipinski definition) is 5. The van der Waals surface area contributed by atoms with E-state index in [-0.39, 0.29) is 0 Å². The van der Waals surface area contributed by atoms with Gasteiger partial charge in [0.05, 0.1) is 36.7 Å². The molecule has 0 fully saturated rings. The molecule has 0 bridgehead atoms. The Hall–Kier alpha value is -3.21. The number of allylic oxidation sites excluding steroid dienone is 1. The van der Waals surface area contributed by atoms with Crippen LogP contribution in [0.4, 0.5) is 0 Å². The molecule has 3 aromatic heterocycles. The third-order valence-electron chi connectivity index (χ3n) is 4.57. The summed E-state index contributed by atoms with van der Waals surface area (Å²) in [6, 6.07) is 12.5. The van der Waals surface area contributed by atoms with Crippen LogP contribution in [0.15, 0.2) is 66.9 Å². The monoisotopic (exact) mass is 387 g/mol. The lowest BCUT2D eigenvalue weighted by Crippen LogP contribution is -2.21. The Morgan fingerprint density at radius 2 is 1.21 bits per heavy atom. The lowest BCUT2D eigenvalue weighted by Gasteiger charge is -2.21. The first kappa shape index (κ1) is 20.5. The largest absolute Gasteiger partial charge is 0.382 e. The minimum absolute atomic E-state index is 0.696. The Bertz CT molecular complexity index is 881. The van der Waals surface area contributed by atoms with Gasteiger partial charge in [-0.25, -0.2) is 0 Å². The smallest absolute Gasteiger partial charge is 0.0601 e. The highest BCUT2D eigenvalue weighted by molar-refractivity contribution is 5.16. The van der Waals surface area contributed by atoms with Crippen molar-refractivity contribution in [3.05, 3.63) is 101 Å². The van der Waals surface area contributed by atoms with Gasteiger partial charge in [0.2, 0.25) is 0 Å². The van der Waals surface area contributed by atoms with E-state index in [1.165, 1.54) is 16.7 Å². The fourth-order valence-corrected chi connectivity index (χ4v) is 2.90. The number of aromatic nitrogens is 3. The fourth-order valence-electron chi connectivity index (χ4n) is 2.90. The van der Waals surface area contributed by atoms with Gasteiger partial charge in [0.15, 0.2) is 0 Å². The second-order valence-corrected chi connectivity index (χ2v) is 7.55. The minimum atomic E-state index is 0.696. The summed E-state index contributed by atoms with van der Waals surface area (Å²) in [6.45, 7) is 10.4. The zero-order valence-corrected chi connectivity index (χ0v) is 17.7. The first-order valence-corrected chi connectivity index (χ1v) is 9.89. The molecule has 0 saturated heterocycles. The summed E-state index contributed by atoms with van der Waals surface area (Å²) in [7, 11) is 0. The van der Waals surface area contributed by atoms with Crippen molar-refractivity contribution in [1.82, 2.24) is 25.2 Å². The van der Waals surface area contributed by atoms with E-state index in [4.69, 9.17) is 0 Å². The van der Waals surface area contributed by atoms with Crippen molar-refractivity contribution in [2.45, 2.75) is 47.3 Å². The molecule has 150 valence electrons. The van der Waals surface area contributed by atoms with Crippen LogP contribution < -0.4 is 5.32 Å². The predicted octanol–water partition coefficient (Wildman–Crippen LogP) is 4.45. The summed E-state index contributed by atoms with van der Waals surface area (Å²) in [4.78, 5) is 15.8. The van der Waals surface area contributed by atoms with Crippen molar-refractivity contribution in [2.75, 3.05) is 0 Å². The average molecular weight is 388 g/mol. The molecule has 0 saturated carbocycles. The molecule has 3 aromatic rings. The second kappa shape index (κ2) is 9.82. The topological polar surface area (TPSA) is 53.9 Å². The van der Waals surface area contributed by atoms with Crippen molar-refractivity contribution in [2.24, 2.45) is 0 Å². The molecule has 0 spiro atoms. The quantitative estimate of drug-likeness (QED) is 0.619. The molecular formula is C24H29N5. The van der Waals surface area contributed by atoms with Crippen LogP contribution in [0.2, 0.25) is 0 Å². The molecule has 0 amide bonds. The lowest BCUT2D eigenvalue weighted by atomic mass is 10.2. The lowest BCUT2D eigenvalue weighted by molar-refractivity contribution is 0.347. The van der Waals surface area contributed by atoms with Gasteiger partial charge in [-0.15, -0.1) is 0 Å². The molecule has 5 heteroatoms. The molecule has 0 aromatic carbocycles. The highest BCUT2D eigenvalue weighted by Gasteiger charge is 2.07. The van der Waals surface area contributed by atoms with E-state index in [1.54, 1.807) is 0 Å². The number of nitrogens with one attached hydrogen (secondary N) is 1. The zero-order valence-electron chi connectivity index (χ0n) is 17.7. The van der Waals surface area contributed by atoms with Crippen LogP contribution in [-0.2, 0) is 19.6 Å². The summed E-state index contributed by atoms with van der Waals surface area (Å²) in [6.07, 6.45) is 7.86. The average Bonchev–Trinajstić information content (AvgIpc) is 2.71. The van der Waals surface area contributed by atoms with Crippen LogP contribution in [0, 0.1) is 20.8 Å². The molecule has 0 aliphatic heterocycles. The molecule has 0 radical (unpaired) electrons. The second-order valence-electron chi connectivity index (χ2n) is 7.55. The number of pyridine rings is 3. The third kappa shape index (κ3) is 6.71. The third-order valence-corrected chi connectivity index (χ3v) is 4.57. The predicted molar refractivity (Wildman–Crippen MR) is 117 cm³/mol. The molecule has 3 rings (SSSR count). The number of rotatable bonds is 8. The summed E-state index contributed by atoms with van der Waals surface area (Å²) >= 11 is 0. The molecule has 3 heterocycles. The van der Waals surface area contributed by atoms with Gasteiger partial charge in [0.25, 0.3) is 0 Å². The number of nitrogens with zero attached hydrogens (tertiary/aromatic N) is 4. The molecular weight excluding hydrogens is 358 g/mol. The molecule has 1 N–H and O–H groups in total. The first-order chi connectivity index (χ1) is 14.0. The van der Waals surface area contributed by atoms with Crippen LogP contribution in [0.3, 0.4) is 0 Å². The highest BCUT2D eigenvalue weighted by atomic mass is 15.1. The molecule has 0 atom stereocenters. The maximum atomic E-state index is 4.56. The number of hydrogen-bond donors (Lipinski definition) is 1. The Balaban J connectivity index is 1.71. The van der Waals surface area contributed by atoms with E-state index in [2.05, 4.69) is 88.5 Å². The van der Waals surface area contributed by atoms with Gasteiger partial charge >= 0.3 is 0 Å².